The lowest BCUT2D eigenvalue weighted by Crippen LogP contribution is -2.21. The largest absolute Gasteiger partial charge is 0.493 e. The summed E-state index contributed by atoms with van der Waals surface area (Å²) in [6.45, 7) is 3.77. The molecule has 1 aromatic rings. The van der Waals surface area contributed by atoms with Gasteiger partial charge in [0.1, 0.15) is 5.75 Å². The minimum absolute atomic E-state index is 0. The molecule has 2 nitrogen and oxygen atoms in total. The first-order valence-corrected chi connectivity index (χ1v) is 5.97. The summed E-state index contributed by atoms with van der Waals surface area (Å²) in [5.74, 6) is -0.126. The Morgan fingerprint density at radius 1 is 1.26 bits per heavy atom. The first-order chi connectivity index (χ1) is 8.38. The van der Waals surface area contributed by atoms with Crippen molar-refractivity contribution in [2.45, 2.75) is 38.9 Å². The highest BCUT2D eigenvalue weighted by Gasteiger charge is 2.34. The maximum atomic E-state index is 12.9. The third-order valence-corrected chi connectivity index (χ3v) is 2.67. The SMILES string of the molecule is CCOc1ccc(CC(N)CC)cc1C(F)(F)F.Cl. The maximum Gasteiger partial charge on any atom is 0.419 e. The van der Waals surface area contributed by atoms with Crippen molar-refractivity contribution in [1.82, 2.24) is 0 Å². The fourth-order valence-corrected chi connectivity index (χ4v) is 1.65. The molecule has 19 heavy (non-hydrogen) atoms. The number of rotatable bonds is 5. The van der Waals surface area contributed by atoms with E-state index < -0.39 is 11.7 Å². The van der Waals surface area contributed by atoms with E-state index in [1.165, 1.54) is 6.07 Å². The standard InChI is InChI=1S/C13H18F3NO.ClH/c1-3-10(17)7-9-5-6-12(18-4-2)11(8-9)13(14,15)16;/h5-6,8,10H,3-4,7,17H2,1-2H3;1H. The molecule has 110 valence electrons. The molecule has 2 N–H and O–H groups in total. The van der Waals surface area contributed by atoms with Gasteiger partial charge in [-0.15, -0.1) is 12.4 Å². The Morgan fingerprint density at radius 3 is 2.37 bits per heavy atom. The maximum absolute atomic E-state index is 12.9. The summed E-state index contributed by atoms with van der Waals surface area (Å²) in [5, 5.41) is 0. The van der Waals surface area contributed by atoms with Crippen LogP contribution in [0.4, 0.5) is 13.2 Å². The minimum atomic E-state index is -4.41. The molecule has 1 aromatic carbocycles. The first kappa shape index (κ1) is 18.1. The fourth-order valence-electron chi connectivity index (χ4n) is 1.65. The summed E-state index contributed by atoms with van der Waals surface area (Å²) in [7, 11) is 0. The molecule has 0 aromatic heterocycles. The predicted molar refractivity (Wildman–Crippen MR) is 71.8 cm³/mol. The van der Waals surface area contributed by atoms with E-state index in [0.717, 1.165) is 12.5 Å². The van der Waals surface area contributed by atoms with Gasteiger partial charge in [-0.3, -0.25) is 0 Å². The highest BCUT2D eigenvalue weighted by atomic mass is 35.5. The van der Waals surface area contributed by atoms with E-state index >= 15 is 0 Å². The van der Waals surface area contributed by atoms with Gasteiger partial charge in [0.25, 0.3) is 0 Å². The van der Waals surface area contributed by atoms with Crippen LogP contribution in [0.25, 0.3) is 0 Å². The second kappa shape index (κ2) is 7.60. The zero-order valence-electron chi connectivity index (χ0n) is 11.0. The van der Waals surface area contributed by atoms with Crippen LogP contribution >= 0.6 is 12.4 Å². The van der Waals surface area contributed by atoms with Gasteiger partial charge in [-0.2, -0.15) is 13.2 Å². The van der Waals surface area contributed by atoms with E-state index in [0.29, 0.717) is 12.0 Å². The van der Waals surface area contributed by atoms with Crippen molar-refractivity contribution >= 4 is 12.4 Å². The molecule has 1 rings (SSSR count). The van der Waals surface area contributed by atoms with Crippen LogP contribution in [0.15, 0.2) is 18.2 Å². The molecule has 0 fully saturated rings. The molecule has 6 heteroatoms. The van der Waals surface area contributed by atoms with Gasteiger partial charge in [0, 0.05) is 6.04 Å². The molecule has 0 aliphatic carbocycles. The summed E-state index contributed by atoms with van der Waals surface area (Å²) in [4.78, 5) is 0. The first-order valence-electron chi connectivity index (χ1n) is 5.97. The molecule has 1 unspecified atom stereocenters. The van der Waals surface area contributed by atoms with Crippen LogP contribution in [0.5, 0.6) is 5.75 Å². The van der Waals surface area contributed by atoms with Crippen LogP contribution < -0.4 is 10.5 Å². The van der Waals surface area contributed by atoms with Crippen molar-refractivity contribution in [3.05, 3.63) is 29.3 Å². The van der Waals surface area contributed by atoms with Gasteiger partial charge < -0.3 is 10.5 Å². The van der Waals surface area contributed by atoms with E-state index in [-0.39, 0.29) is 30.8 Å². The summed E-state index contributed by atoms with van der Waals surface area (Å²) < 4.78 is 43.6. The number of alkyl halides is 3. The number of nitrogens with two attached hydrogens (primary N) is 1. The summed E-state index contributed by atoms with van der Waals surface area (Å²) in [5.41, 5.74) is 5.60. The predicted octanol–water partition coefficient (Wildman–Crippen LogP) is 3.81. The molecule has 0 bridgehead atoms. The Balaban J connectivity index is 0.00000324. The average molecular weight is 298 g/mol. The van der Waals surface area contributed by atoms with Gasteiger partial charge in [-0.1, -0.05) is 13.0 Å². The second-order valence-corrected chi connectivity index (χ2v) is 4.13. The Hall–Kier alpha value is -0.940. The van der Waals surface area contributed by atoms with Crippen LogP contribution in [-0.2, 0) is 12.6 Å². The van der Waals surface area contributed by atoms with E-state index in [9.17, 15) is 13.2 Å². The molecule has 0 amide bonds. The molecule has 0 aliphatic heterocycles. The zero-order chi connectivity index (χ0) is 13.8. The van der Waals surface area contributed by atoms with Crippen molar-refractivity contribution in [2.75, 3.05) is 6.61 Å². The highest BCUT2D eigenvalue weighted by Crippen LogP contribution is 2.37. The number of halogens is 4. The molecule has 1 atom stereocenters. The number of benzene rings is 1. The van der Waals surface area contributed by atoms with E-state index in [2.05, 4.69) is 0 Å². The fraction of sp³-hybridized carbons (Fsp3) is 0.538. The highest BCUT2D eigenvalue weighted by molar-refractivity contribution is 5.85. The van der Waals surface area contributed by atoms with Gasteiger partial charge in [0.15, 0.2) is 0 Å². The van der Waals surface area contributed by atoms with Crippen molar-refractivity contribution in [1.29, 1.82) is 0 Å². The normalized spacial score (nSPS) is 12.7. The van der Waals surface area contributed by atoms with Crippen molar-refractivity contribution in [2.24, 2.45) is 5.73 Å². The van der Waals surface area contributed by atoms with E-state index in [1.807, 2.05) is 6.92 Å². The smallest absolute Gasteiger partial charge is 0.419 e. The van der Waals surface area contributed by atoms with E-state index in [4.69, 9.17) is 10.5 Å². The molecule has 0 saturated heterocycles. The van der Waals surface area contributed by atoms with Crippen molar-refractivity contribution in [3.8, 4) is 5.75 Å². The van der Waals surface area contributed by atoms with Gasteiger partial charge in [-0.25, -0.2) is 0 Å². The van der Waals surface area contributed by atoms with Crippen molar-refractivity contribution < 1.29 is 17.9 Å². The third-order valence-electron chi connectivity index (χ3n) is 2.67. The van der Waals surface area contributed by atoms with Crippen LogP contribution in [-0.4, -0.2) is 12.6 Å². The second-order valence-electron chi connectivity index (χ2n) is 4.13. The molecular formula is C13H19ClF3NO. The Labute approximate surface area is 117 Å². The number of ether oxygens (including phenoxy) is 1. The minimum Gasteiger partial charge on any atom is -0.493 e. The average Bonchev–Trinajstić information content (AvgIpc) is 2.30. The third kappa shape index (κ3) is 5.28. The molecule has 0 aliphatic rings. The molecule has 0 radical (unpaired) electrons. The monoisotopic (exact) mass is 297 g/mol. The van der Waals surface area contributed by atoms with Crippen molar-refractivity contribution in [3.63, 3.8) is 0 Å². The van der Waals surface area contributed by atoms with Gasteiger partial charge in [0.05, 0.1) is 12.2 Å². The lowest BCUT2D eigenvalue weighted by molar-refractivity contribution is -0.139. The van der Waals surface area contributed by atoms with Crippen LogP contribution in [0.2, 0.25) is 0 Å². The topological polar surface area (TPSA) is 35.2 Å². The molecule has 0 saturated carbocycles. The quantitative estimate of drug-likeness (QED) is 0.897. The van der Waals surface area contributed by atoms with Crippen LogP contribution in [0, 0.1) is 0 Å². The molecule has 0 spiro atoms. The summed E-state index contributed by atoms with van der Waals surface area (Å²) in [6.07, 6.45) is -3.24. The van der Waals surface area contributed by atoms with Gasteiger partial charge >= 0.3 is 6.18 Å². The summed E-state index contributed by atoms with van der Waals surface area (Å²) in [6, 6.07) is 4.00. The lowest BCUT2D eigenvalue weighted by atomic mass is 10.0. The van der Waals surface area contributed by atoms with Crippen LogP contribution in [0.3, 0.4) is 0 Å². The lowest BCUT2D eigenvalue weighted by Gasteiger charge is -2.16. The van der Waals surface area contributed by atoms with Crippen LogP contribution in [0.1, 0.15) is 31.4 Å². The van der Waals surface area contributed by atoms with E-state index in [1.54, 1.807) is 13.0 Å². The number of hydrogen-bond acceptors (Lipinski definition) is 2. The van der Waals surface area contributed by atoms with Gasteiger partial charge in [-0.05, 0) is 37.5 Å². The summed E-state index contributed by atoms with van der Waals surface area (Å²) >= 11 is 0. The zero-order valence-corrected chi connectivity index (χ0v) is 11.8. The molecular weight excluding hydrogens is 279 g/mol. The molecule has 0 heterocycles. The Bertz CT molecular complexity index is 396. The Kier molecular flexibility index (Phi) is 7.23. The number of hydrogen-bond donors (Lipinski definition) is 1. The Morgan fingerprint density at radius 2 is 1.89 bits per heavy atom. The van der Waals surface area contributed by atoms with Gasteiger partial charge in [0.2, 0.25) is 0 Å².